The number of aromatic nitrogens is 2. The van der Waals surface area contributed by atoms with Crippen molar-refractivity contribution in [3.63, 3.8) is 0 Å². The molecule has 1 heterocycles. The molecule has 2 N–H and O–H groups in total. The minimum Gasteiger partial charge on any atom is -0.331 e. The fourth-order valence-corrected chi connectivity index (χ4v) is 2.19. The number of H-pyrrole nitrogens is 2. The zero-order valence-electron chi connectivity index (χ0n) is 7.26. The van der Waals surface area contributed by atoms with E-state index in [1.807, 2.05) is 11.8 Å². The summed E-state index contributed by atoms with van der Waals surface area (Å²) in [7, 11) is 0. The van der Waals surface area contributed by atoms with Crippen LogP contribution in [-0.2, 0) is 0 Å². The molecular weight excluding hydrogens is 200 g/mol. The average molecular weight is 210 g/mol. The number of thioether (sulfide) groups is 1. The first kappa shape index (κ1) is 8.84. The van der Waals surface area contributed by atoms with Crippen LogP contribution in [0.4, 0.5) is 0 Å². The third-order valence-corrected chi connectivity index (χ3v) is 2.88. The number of fused-ring (bicyclic) bond motifs is 1. The molecule has 0 spiro atoms. The van der Waals surface area contributed by atoms with Crippen LogP contribution in [-0.4, -0.2) is 15.7 Å². The van der Waals surface area contributed by atoms with Gasteiger partial charge in [0.15, 0.2) is 4.77 Å². The van der Waals surface area contributed by atoms with Crippen LogP contribution in [0.1, 0.15) is 6.92 Å². The van der Waals surface area contributed by atoms with Crippen LogP contribution in [0.15, 0.2) is 23.1 Å². The highest BCUT2D eigenvalue weighted by Gasteiger charge is 1.97. The van der Waals surface area contributed by atoms with E-state index >= 15 is 0 Å². The molecule has 0 aliphatic heterocycles. The molecule has 13 heavy (non-hydrogen) atoms. The predicted octanol–water partition coefficient (Wildman–Crippen LogP) is 3.34. The van der Waals surface area contributed by atoms with E-state index in [2.05, 4.69) is 35.1 Å². The van der Waals surface area contributed by atoms with Gasteiger partial charge in [0.2, 0.25) is 0 Å². The summed E-state index contributed by atoms with van der Waals surface area (Å²) < 4.78 is 0.689. The Morgan fingerprint density at radius 1 is 1.31 bits per heavy atom. The molecule has 1 aromatic carbocycles. The molecule has 0 bridgehead atoms. The van der Waals surface area contributed by atoms with Crippen molar-refractivity contribution in [2.45, 2.75) is 11.8 Å². The molecule has 0 saturated heterocycles. The topological polar surface area (TPSA) is 31.6 Å². The Balaban J connectivity index is 2.54. The second-order valence-corrected chi connectivity index (χ2v) is 4.47. The Kier molecular flexibility index (Phi) is 2.42. The van der Waals surface area contributed by atoms with Gasteiger partial charge in [-0.3, -0.25) is 0 Å². The summed E-state index contributed by atoms with van der Waals surface area (Å²) in [5.74, 6) is 1.09. The molecule has 0 unspecified atom stereocenters. The summed E-state index contributed by atoms with van der Waals surface area (Å²) in [6.45, 7) is 2.15. The molecule has 0 aliphatic rings. The molecule has 0 aliphatic carbocycles. The molecule has 2 rings (SSSR count). The van der Waals surface area contributed by atoms with Crippen molar-refractivity contribution in [2.24, 2.45) is 0 Å². The summed E-state index contributed by atoms with van der Waals surface area (Å²) in [6.07, 6.45) is 0. The van der Waals surface area contributed by atoms with Gasteiger partial charge < -0.3 is 9.97 Å². The minimum atomic E-state index is 0.689. The molecule has 0 radical (unpaired) electrons. The zero-order valence-corrected chi connectivity index (χ0v) is 8.89. The van der Waals surface area contributed by atoms with Crippen molar-refractivity contribution >= 4 is 35.0 Å². The molecule has 2 aromatic rings. The number of nitrogens with one attached hydrogen (secondary N) is 2. The maximum Gasteiger partial charge on any atom is 0.175 e. The molecule has 0 atom stereocenters. The summed E-state index contributed by atoms with van der Waals surface area (Å²) in [5, 5.41) is 0. The smallest absolute Gasteiger partial charge is 0.175 e. The van der Waals surface area contributed by atoms with Crippen LogP contribution in [0.3, 0.4) is 0 Å². The lowest BCUT2D eigenvalue weighted by molar-refractivity contribution is 1.30. The second kappa shape index (κ2) is 3.55. The first-order valence-corrected chi connectivity index (χ1v) is 5.54. The van der Waals surface area contributed by atoms with Gasteiger partial charge in [0.05, 0.1) is 11.0 Å². The Labute approximate surface area is 85.8 Å². The quantitative estimate of drug-likeness (QED) is 0.588. The molecule has 68 valence electrons. The average Bonchev–Trinajstić information content (AvgIpc) is 2.44. The van der Waals surface area contributed by atoms with E-state index in [4.69, 9.17) is 12.2 Å². The molecular formula is C9H10N2S2. The van der Waals surface area contributed by atoms with Crippen LogP contribution < -0.4 is 0 Å². The van der Waals surface area contributed by atoms with Crippen molar-refractivity contribution in [3.05, 3.63) is 23.0 Å². The highest BCUT2D eigenvalue weighted by molar-refractivity contribution is 7.99. The first-order valence-electron chi connectivity index (χ1n) is 4.14. The van der Waals surface area contributed by atoms with Gasteiger partial charge in [-0.2, -0.15) is 0 Å². The summed E-state index contributed by atoms with van der Waals surface area (Å²) >= 11 is 6.83. The van der Waals surface area contributed by atoms with E-state index in [0.29, 0.717) is 4.77 Å². The third-order valence-electron chi connectivity index (χ3n) is 1.80. The van der Waals surface area contributed by atoms with E-state index in [-0.39, 0.29) is 0 Å². The highest BCUT2D eigenvalue weighted by Crippen LogP contribution is 2.21. The molecule has 4 heteroatoms. The Hall–Kier alpha value is -0.740. The number of hydrogen-bond donors (Lipinski definition) is 2. The standard InChI is InChI=1S/C9H10N2S2/c1-2-13-6-3-4-7-8(5-6)11-9(12)10-7/h3-5H,2H2,1H3,(H2,10,11,12). The van der Waals surface area contributed by atoms with Crippen LogP contribution in [0, 0.1) is 4.77 Å². The van der Waals surface area contributed by atoms with E-state index in [1.54, 1.807) is 0 Å². The Morgan fingerprint density at radius 3 is 2.85 bits per heavy atom. The first-order chi connectivity index (χ1) is 6.29. The Morgan fingerprint density at radius 2 is 2.08 bits per heavy atom. The van der Waals surface area contributed by atoms with Crippen LogP contribution in [0.5, 0.6) is 0 Å². The van der Waals surface area contributed by atoms with Crippen molar-refractivity contribution in [1.82, 2.24) is 9.97 Å². The van der Waals surface area contributed by atoms with Crippen molar-refractivity contribution in [2.75, 3.05) is 5.75 Å². The van der Waals surface area contributed by atoms with Gasteiger partial charge in [-0.1, -0.05) is 6.92 Å². The van der Waals surface area contributed by atoms with Crippen molar-refractivity contribution in [3.8, 4) is 0 Å². The van der Waals surface area contributed by atoms with Crippen LogP contribution in [0.25, 0.3) is 11.0 Å². The highest BCUT2D eigenvalue weighted by atomic mass is 32.2. The fourth-order valence-electron chi connectivity index (χ4n) is 1.27. The van der Waals surface area contributed by atoms with Gasteiger partial charge in [-0.15, -0.1) is 11.8 Å². The van der Waals surface area contributed by atoms with Gasteiger partial charge in [0.25, 0.3) is 0 Å². The number of hydrogen-bond acceptors (Lipinski definition) is 2. The largest absolute Gasteiger partial charge is 0.331 e. The lowest BCUT2D eigenvalue weighted by Crippen LogP contribution is -1.73. The number of imidazole rings is 1. The molecule has 0 saturated carbocycles. The van der Waals surface area contributed by atoms with Gasteiger partial charge in [-0.25, -0.2) is 0 Å². The van der Waals surface area contributed by atoms with Crippen LogP contribution in [0.2, 0.25) is 0 Å². The van der Waals surface area contributed by atoms with Gasteiger partial charge in [0, 0.05) is 4.90 Å². The third kappa shape index (κ3) is 1.78. The number of rotatable bonds is 2. The maximum absolute atomic E-state index is 5.00. The van der Waals surface area contributed by atoms with Crippen LogP contribution >= 0.6 is 24.0 Å². The second-order valence-electron chi connectivity index (χ2n) is 2.72. The van der Waals surface area contributed by atoms with E-state index in [9.17, 15) is 0 Å². The lowest BCUT2D eigenvalue weighted by atomic mass is 10.3. The van der Waals surface area contributed by atoms with E-state index in [1.165, 1.54) is 4.90 Å². The molecule has 0 fully saturated rings. The Bertz CT molecular complexity index is 470. The summed E-state index contributed by atoms with van der Waals surface area (Å²) in [5.41, 5.74) is 2.16. The van der Waals surface area contributed by atoms with Gasteiger partial charge in [0.1, 0.15) is 0 Å². The molecule has 1 aromatic heterocycles. The minimum absolute atomic E-state index is 0.689. The SMILES string of the molecule is CCSc1ccc2[nH]c(=S)[nH]c2c1. The fraction of sp³-hybridized carbons (Fsp3) is 0.222. The zero-order chi connectivity index (χ0) is 9.26. The van der Waals surface area contributed by atoms with E-state index < -0.39 is 0 Å². The maximum atomic E-state index is 5.00. The lowest BCUT2D eigenvalue weighted by Gasteiger charge is -1.96. The van der Waals surface area contributed by atoms with Crippen molar-refractivity contribution in [1.29, 1.82) is 0 Å². The van der Waals surface area contributed by atoms with Crippen molar-refractivity contribution < 1.29 is 0 Å². The number of benzene rings is 1. The van der Waals surface area contributed by atoms with E-state index in [0.717, 1.165) is 16.8 Å². The normalized spacial score (nSPS) is 10.8. The van der Waals surface area contributed by atoms with Gasteiger partial charge in [-0.05, 0) is 36.2 Å². The summed E-state index contributed by atoms with van der Waals surface area (Å²) in [4.78, 5) is 7.46. The number of aromatic amines is 2. The van der Waals surface area contributed by atoms with Gasteiger partial charge >= 0.3 is 0 Å². The summed E-state index contributed by atoms with van der Waals surface area (Å²) in [6, 6.07) is 6.28. The molecule has 0 amide bonds. The molecule has 2 nitrogen and oxygen atoms in total. The monoisotopic (exact) mass is 210 g/mol. The predicted molar refractivity (Wildman–Crippen MR) is 59.9 cm³/mol.